The van der Waals surface area contributed by atoms with Crippen molar-refractivity contribution in [2.75, 3.05) is 20.7 Å². The first-order chi connectivity index (χ1) is 11.3. The second-order valence-electron chi connectivity index (χ2n) is 6.00. The fourth-order valence-corrected chi connectivity index (χ4v) is 2.82. The van der Waals surface area contributed by atoms with Crippen LogP contribution in [0.25, 0.3) is 0 Å². The van der Waals surface area contributed by atoms with Crippen molar-refractivity contribution in [1.29, 1.82) is 0 Å². The molecule has 7 heteroatoms. The standard InChI is InChI=1S/C16H30N6O/c1-4-5-6-7-10-18-16(17-2)19-13-8-9-15-20-14(12-23-3)21-22(15)11-13/h13H,4-12H2,1-3H3,(H2,17,18,19). The van der Waals surface area contributed by atoms with Gasteiger partial charge in [0.1, 0.15) is 12.4 Å². The molecule has 0 fully saturated rings. The van der Waals surface area contributed by atoms with Gasteiger partial charge in [0.05, 0.1) is 6.54 Å². The van der Waals surface area contributed by atoms with Gasteiger partial charge in [-0.3, -0.25) is 4.99 Å². The Balaban J connectivity index is 1.78. The lowest BCUT2D eigenvalue weighted by molar-refractivity contribution is 0.177. The first-order valence-corrected chi connectivity index (χ1v) is 8.65. The molecule has 0 aromatic carbocycles. The van der Waals surface area contributed by atoms with E-state index in [1.54, 1.807) is 7.11 Å². The van der Waals surface area contributed by atoms with Gasteiger partial charge in [0.15, 0.2) is 11.8 Å². The molecule has 1 unspecified atom stereocenters. The number of nitrogens with one attached hydrogen (secondary N) is 2. The Hall–Kier alpha value is -1.63. The van der Waals surface area contributed by atoms with E-state index in [4.69, 9.17) is 4.74 Å². The van der Waals surface area contributed by atoms with Crippen molar-refractivity contribution in [3.8, 4) is 0 Å². The summed E-state index contributed by atoms with van der Waals surface area (Å²) in [5, 5.41) is 11.4. The molecule has 0 bridgehead atoms. The summed E-state index contributed by atoms with van der Waals surface area (Å²) >= 11 is 0. The van der Waals surface area contributed by atoms with Crippen LogP contribution < -0.4 is 10.6 Å². The summed E-state index contributed by atoms with van der Waals surface area (Å²) in [5.41, 5.74) is 0. The lowest BCUT2D eigenvalue weighted by Gasteiger charge is -2.25. The molecule has 0 aliphatic carbocycles. The SMILES string of the molecule is CCCCCCNC(=NC)NC1CCc2nc(COC)nn2C1. The molecular weight excluding hydrogens is 292 g/mol. The van der Waals surface area contributed by atoms with Gasteiger partial charge in [-0.2, -0.15) is 5.10 Å². The molecule has 0 saturated heterocycles. The van der Waals surface area contributed by atoms with Gasteiger partial charge >= 0.3 is 0 Å². The molecule has 0 spiro atoms. The summed E-state index contributed by atoms with van der Waals surface area (Å²) < 4.78 is 7.09. The van der Waals surface area contributed by atoms with E-state index in [-0.39, 0.29) is 0 Å². The van der Waals surface area contributed by atoms with Gasteiger partial charge in [-0.25, -0.2) is 9.67 Å². The van der Waals surface area contributed by atoms with Gasteiger partial charge in [-0.1, -0.05) is 26.2 Å². The number of ether oxygens (including phenoxy) is 1. The molecule has 2 N–H and O–H groups in total. The molecule has 0 amide bonds. The Morgan fingerprint density at radius 1 is 1.39 bits per heavy atom. The number of aryl methyl sites for hydroxylation is 1. The van der Waals surface area contributed by atoms with Gasteiger partial charge in [0.25, 0.3) is 0 Å². The third-order valence-corrected chi connectivity index (χ3v) is 4.06. The van der Waals surface area contributed by atoms with Crippen LogP contribution in [0.3, 0.4) is 0 Å². The molecule has 1 aromatic heterocycles. The van der Waals surface area contributed by atoms with Crippen LogP contribution >= 0.6 is 0 Å². The van der Waals surface area contributed by atoms with E-state index in [1.807, 2.05) is 11.7 Å². The van der Waals surface area contributed by atoms with Gasteiger partial charge in [-0.15, -0.1) is 0 Å². The monoisotopic (exact) mass is 322 g/mol. The number of rotatable bonds is 8. The van der Waals surface area contributed by atoms with Crippen LogP contribution in [0.15, 0.2) is 4.99 Å². The van der Waals surface area contributed by atoms with Crippen LogP contribution in [-0.2, 0) is 24.3 Å². The lowest BCUT2D eigenvalue weighted by Crippen LogP contribution is -2.47. The Labute approximate surface area is 138 Å². The second-order valence-corrected chi connectivity index (χ2v) is 6.00. The Bertz CT molecular complexity index is 499. The third kappa shape index (κ3) is 5.49. The maximum Gasteiger partial charge on any atom is 0.191 e. The van der Waals surface area contributed by atoms with Crippen molar-refractivity contribution >= 4 is 5.96 Å². The molecule has 23 heavy (non-hydrogen) atoms. The minimum Gasteiger partial charge on any atom is -0.377 e. The average Bonchev–Trinajstić information content (AvgIpc) is 2.95. The maximum absolute atomic E-state index is 5.10. The Morgan fingerprint density at radius 2 is 2.26 bits per heavy atom. The highest BCUT2D eigenvalue weighted by molar-refractivity contribution is 5.79. The predicted molar refractivity (Wildman–Crippen MR) is 91.5 cm³/mol. The smallest absolute Gasteiger partial charge is 0.191 e. The van der Waals surface area contributed by atoms with E-state index in [0.717, 1.165) is 43.5 Å². The van der Waals surface area contributed by atoms with Gasteiger partial charge < -0.3 is 15.4 Å². The molecule has 1 aliphatic rings. The second kappa shape index (κ2) is 9.50. The highest BCUT2D eigenvalue weighted by Crippen LogP contribution is 2.13. The minimum absolute atomic E-state index is 0.335. The first-order valence-electron chi connectivity index (χ1n) is 8.65. The number of fused-ring (bicyclic) bond motifs is 1. The number of hydrogen-bond acceptors (Lipinski definition) is 4. The molecule has 130 valence electrons. The molecule has 2 rings (SSSR count). The van der Waals surface area contributed by atoms with Crippen molar-refractivity contribution in [1.82, 2.24) is 25.4 Å². The maximum atomic E-state index is 5.10. The van der Waals surface area contributed by atoms with Gasteiger partial charge in [-0.05, 0) is 12.8 Å². The lowest BCUT2D eigenvalue weighted by atomic mass is 10.1. The number of hydrogen-bond donors (Lipinski definition) is 2. The van der Waals surface area contributed by atoms with E-state index in [0.29, 0.717) is 12.6 Å². The third-order valence-electron chi connectivity index (χ3n) is 4.06. The van der Waals surface area contributed by atoms with Crippen LogP contribution in [0, 0.1) is 0 Å². The molecule has 1 aromatic rings. The van der Waals surface area contributed by atoms with Crippen LogP contribution in [0.4, 0.5) is 0 Å². The number of unbranched alkanes of at least 4 members (excludes halogenated alkanes) is 3. The molecule has 1 aliphatic heterocycles. The van der Waals surface area contributed by atoms with Gasteiger partial charge in [0.2, 0.25) is 0 Å². The highest BCUT2D eigenvalue weighted by atomic mass is 16.5. The predicted octanol–water partition coefficient (Wildman–Crippen LogP) is 1.48. The van der Waals surface area contributed by atoms with Crippen LogP contribution in [-0.4, -0.2) is 47.5 Å². The summed E-state index contributed by atoms with van der Waals surface area (Å²) in [7, 11) is 3.49. The van der Waals surface area contributed by atoms with Crippen LogP contribution in [0.1, 0.15) is 50.7 Å². The average molecular weight is 322 g/mol. The molecule has 0 saturated carbocycles. The van der Waals surface area contributed by atoms with Gasteiger partial charge in [0, 0.05) is 33.2 Å². The van der Waals surface area contributed by atoms with E-state index in [9.17, 15) is 0 Å². The molecule has 2 heterocycles. The summed E-state index contributed by atoms with van der Waals surface area (Å²) in [6.45, 7) is 4.49. The molecule has 0 radical (unpaired) electrons. The van der Waals surface area contributed by atoms with E-state index in [1.165, 1.54) is 25.7 Å². The normalized spacial score (nSPS) is 17.9. The zero-order valence-electron chi connectivity index (χ0n) is 14.6. The summed E-state index contributed by atoms with van der Waals surface area (Å²) in [4.78, 5) is 8.83. The van der Waals surface area contributed by atoms with E-state index < -0.39 is 0 Å². The number of aliphatic imine (C=N–C) groups is 1. The fraction of sp³-hybridized carbons (Fsp3) is 0.812. The van der Waals surface area contributed by atoms with Crippen molar-refractivity contribution in [2.24, 2.45) is 4.99 Å². The van der Waals surface area contributed by atoms with Crippen molar-refractivity contribution in [3.05, 3.63) is 11.6 Å². The fourth-order valence-electron chi connectivity index (χ4n) is 2.82. The quantitative estimate of drug-likeness (QED) is 0.431. The zero-order valence-corrected chi connectivity index (χ0v) is 14.6. The van der Waals surface area contributed by atoms with Crippen molar-refractivity contribution < 1.29 is 4.74 Å². The highest BCUT2D eigenvalue weighted by Gasteiger charge is 2.22. The van der Waals surface area contributed by atoms with Crippen LogP contribution in [0.5, 0.6) is 0 Å². The Kier molecular flexibility index (Phi) is 7.32. The topological polar surface area (TPSA) is 76.4 Å². The molecule has 7 nitrogen and oxygen atoms in total. The largest absolute Gasteiger partial charge is 0.377 e. The van der Waals surface area contributed by atoms with Crippen molar-refractivity contribution in [3.63, 3.8) is 0 Å². The Morgan fingerprint density at radius 3 is 3.00 bits per heavy atom. The zero-order chi connectivity index (χ0) is 16.5. The first kappa shape index (κ1) is 17.7. The van der Waals surface area contributed by atoms with Crippen LogP contribution in [0.2, 0.25) is 0 Å². The van der Waals surface area contributed by atoms with E-state index >= 15 is 0 Å². The van der Waals surface area contributed by atoms with E-state index in [2.05, 4.69) is 32.6 Å². The summed E-state index contributed by atoms with van der Waals surface area (Å²) in [6, 6.07) is 0.335. The number of aromatic nitrogens is 3. The summed E-state index contributed by atoms with van der Waals surface area (Å²) in [5.74, 6) is 2.70. The molecule has 1 atom stereocenters. The number of guanidine groups is 1. The summed E-state index contributed by atoms with van der Waals surface area (Å²) in [6.07, 6.45) is 7.00. The van der Waals surface area contributed by atoms with Crippen molar-refractivity contribution in [2.45, 2.75) is 64.6 Å². The molecular formula is C16H30N6O. The number of nitrogens with zero attached hydrogens (tertiary/aromatic N) is 4. The number of methoxy groups -OCH3 is 1. The minimum atomic E-state index is 0.335.